The fourth-order valence-electron chi connectivity index (χ4n) is 3.28. The van der Waals surface area contributed by atoms with Gasteiger partial charge in [0.2, 0.25) is 15.9 Å². The number of aliphatic hydroxyl groups is 1. The van der Waals surface area contributed by atoms with E-state index < -0.39 is 21.8 Å². The monoisotopic (exact) mass is 442 g/mol. The Morgan fingerprint density at radius 1 is 1.17 bits per heavy atom. The van der Waals surface area contributed by atoms with Crippen LogP contribution in [0.25, 0.3) is 0 Å². The molecule has 0 spiro atoms. The number of carbonyl (C=O) groups excluding carboxylic acids is 1. The highest BCUT2D eigenvalue weighted by atomic mass is 32.2. The maximum atomic E-state index is 12.6. The van der Waals surface area contributed by atoms with Crippen molar-refractivity contribution in [1.29, 1.82) is 0 Å². The van der Waals surface area contributed by atoms with Crippen molar-refractivity contribution in [1.82, 2.24) is 5.32 Å². The molecule has 2 aromatic rings. The summed E-state index contributed by atoms with van der Waals surface area (Å²) < 4.78 is 63.0. The number of alkyl halides is 3. The number of aliphatic hydroxyl groups excluding tert-OH is 1. The van der Waals surface area contributed by atoms with E-state index in [1.54, 1.807) is 12.1 Å². The zero-order valence-electron chi connectivity index (χ0n) is 16.0. The van der Waals surface area contributed by atoms with Crippen LogP contribution in [0.2, 0.25) is 0 Å². The van der Waals surface area contributed by atoms with Gasteiger partial charge < -0.3 is 10.4 Å². The molecule has 2 atom stereocenters. The molecular weight excluding hydrogens is 421 g/mol. The van der Waals surface area contributed by atoms with Crippen LogP contribution < -0.4 is 10.0 Å². The Kier molecular flexibility index (Phi) is 6.09. The molecule has 6 nitrogen and oxygen atoms in total. The summed E-state index contributed by atoms with van der Waals surface area (Å²) in [6.07, 6.45) is -2.82. The van der Waals surface area contributed by atoms with Crippen LogP contribution in [-0.2, 0) is 34.1 Å². The molecule has 0 aromatic heterocycles. The van der Waals surface area contributed by atoms with Gasteiger partial charge in [0.1, 0.15) is 0 Å². The summed E-state index contributed by atoms with van der Waals surface area (Å²) in [7, 11) is -3.49. The number of halogens is 3. The maximum absolute atomic E-state index is 12.6. The highest BCUT2D eigenvalue weighted by molar-refractivity contribution is 7.92. The Hall–Kier alpha value is -2.59. The molecule has 1 aliphatic rings. The summed E-state index contributed by atoms with van der Waals surface area (Å²) in [6.45, 7) is -0.195. The second-order valence-corrected chi connectivity index (χ2v) is 9.06. The van der Waals surface area contributed by atoms with E-state index >= 15 is 0 Å². The summed E-state index contributed by atoms with van der Waals surface area (Å²) in [5, 5.41) is 12.2. The number of sulfonamides is 1. The number of carbonyl (C=O) groups is 1. The molecule has 1 fully saturated rings. The third-order valence-corrected chi connectivity index (χ3v) is 5.49. The molecule has 2 aromatic carbocycles. The molecule has 1 amide bonds. The average molecular weight is 442 g/mol. The van der Waals surface area contributed by atoms with Gasteiger partial charge in [-0.2, -0.15) is 13.2 Å². The topological polar surface area (TPSA) is 95.5 Å². The van der Waals surface area contributed by atoms with Crippen molar-refractivity contribution in [2.24, 2.45) is 5.92 Å². The molecule has 162 valence electrons. The van der Waals surface area contributed by atoms with E-state index in [1.807, 2.05) is 0 Å². The third-order valence-electron chi connectivity index (χ3n) is 4.90. The summed E-state index contributed by atoms with van der Waals surface area (Å²) >= 11 is 0. The van der Waals surface area contributed by atoms with Crippen LogP contribution in [0.3, 0.4) is 0 Å². The largest absolute Gasteiger partial charge is 0.416 e. The maximum Gasteiger partial charge on any atom is 0.416 e. The highest BCUT2D eigenvalue weighted by Gasteiger charge is 2.44. The number of amides is 1. The Morgan fingerprint density at radius 3 is 2.40 bits per heavy atom. The summed E-state index contributed by atoms with van der Waals surface area (Å²) in [5.41, 5.74) is 1.29. The fourth-order valence-corrected chi connectivity index (χ4v) is 3.88. The van der Waals surface area contributed by atoms with Crippen molar-refractivity contribution < 1.29 is 31.5 Å². The molecular formula is C20H21F3N2O4S. The molecule has 0 bridgehead atoms. The minimum Gasteiger partial charge on any atom is -0.392 e. The molecule has 0 aliphatic heterocycles. The third kappa shape index (κ3) is 5.51. The Labute approximate surface area is 172 Å². The Balaban J connectivity index is 1.58. The number of hydrogen-bond donors (Lipinski definition) is 3. The Morgan fingerprint density at radius 2 is 1.83 bits per heavy atom. The van der Waals surface area contributed by atoms with E-state index in [9.17, 15) is 31.5 Å². The minimum absolute atomic E-state index is 0.110. The summed E-state index contributed by atoms with van der Waals surface area (Å²) in [6, 6.07) is 9.58. The van der Waals surface area contributed by atoms with Gasteiger partial charge in [0.15, 0.2) is 0 Å². The van der Waals surface area contributed by atoms with E-state index in [4.69, 9.17) is 0 Å². The molecule has 0 unspecified atom stereocenters. The van der Waals surface area contributed by atoms with Gasteiger partial charge in [0, 0.05) is 18.0 Å². The van der Waals surface area contributed by atoms with E-state index in [1.165, 1.54) is 18.2 Å². The first kappa shape index (κ1) is 22.1. The minimum atomic E-state index is -4.39. The number of hydrogen-bond acceptors (Lipinski definition) is 4. The number of rotatable bonds is 7. The first-order valence-electron chi connectivity index (χ1n) is 9.13. The van der Waals surface area contributed by atoms with Crippen LogP contribution in [0, 0.1) is 5.92 Å². The fraction of sp³-hybridized carbons (Fsp3) is 0.350. The van der Waals surface area contributed by atoms with Crippen molar-refractivity contribution in [3.8, 4) is 0 Å². The van der Waals surface area contributed by atoms with Crippen molar-refractivity contribution in [2.75, 3.05) is 11.0 Å². The van der Waals surface area contributed by atoms with E-state index in [0.717, 1.165) is 18.4 Å². The van der Waals surface area contributed by atoms with E-state index in [2.05, 4.69) is 10.0 Å². The second-order valence-electron chi connectivity index (χ2n) is 7.31. The molecule has 3 N–H and O–H groups in total. The van der Waals surface area contributed by atoms with Crippen LogP contribution in [-0.4, -0.2) is 25.7 Å². The molecule has 1 aliphatic carbocycles. The molecule has 10 heteroatoms. The molecule has 0 saturated heterocycles. The predicted molar refractivity (Wildman–Crippen MR) is 105 cm³/mol. The predicted octanol–water partition coefficient (Wildman–Crippen LogP) is 2.99. The molecule has 3 rings (SSSR count). The van der Waals surface area contributed by atoms with Gasteiger partial charge in [-0.25, -0.2) is 8.42 Å². The zero-order valence-corrected chi connectivity index (χ0v) is 16.8. The SMILES string of the molecule is CS(=O)(=O)Nc1ccc(CNC(=O)[C@@H]2C[C@H]2c2ccc(C(F)(F)F)cc2)cc1CO. The van der Waals surface area contributed by atoms with Gasteiger partial charge in [0.25, 0.3) is 0 Å². The quantitative estimate of drug-likeness (QED) is 0.614. The molecule has 1 saturated carbocycles. The smallest absolute Gasteiger partial charge is 0.392 e. The summed E-state index contributed by atoms with van der Waals surface area (Å²) in [4.78, 5) is 12.4. The first-order chi connectivity index (χ1) is 14.0. The lowest BCUT2D eigenvalue weighted by Gasteiger charge is -2.12. The highest BCUT2D eigenvalue weighted by Crippen LogP contribution is 2.48. The van der Waals surface area contributed by atoms with E-state index in [-0.39, 0.29) is 36.6 Å². The Bertz CT molecular complexity index is 1040. The lowest BCUT2D eigenvalue weighted by Crippen LogP contribution is -2.25. The molecule has 0 heterocycles. The van der Waals surface area contributed by atoms with Crippen LogP contribution >= 0.6 is 0 Å². The van der Waals surface area contributed by atoms with Gasteiger partial charge in [-0.05, 0) is 47.7 Å². The van der Waals surface area contributed by atoms with Gasteiger partial charge in [-0.15, -0.1) is 0 Å². The molecule has 0 radical (unpaired) electrons. The first-order valence-corrected chi connectivity index (χ1v) is 11.0. The van der Waals surface area contributed by atoms with Crippen LogP contribution in [0.1, 0.15) is 34.6 Å². The van der Waals surface area contributed by atoms with Crippen LogP contribution in [0.5, 0.6) is 0 Å². The second kappa shape index (κ2) is 8.27. The molecule has 30 heavy (non-hydrogen) atoms. The van der Waals surface area contributed by atoms with Gasteiger partial charge >= 0.3 is 6.18 Å². The van der Waals surface area contributed by atoms with Crippen molar-refractivity contribution in [2.45, 2.75) is 31.7 Å². The average Bonchev–Trinajstić information content (AvgIpc) is 3.46. The van der Waals surface area contributed by atoms with Gasteiger partial charge in [0.05, 0.1) is 24.1 Å². The van der Waals surface area contributed by atoms with Crippen molar-refractivity contribution in [3.63, 3.8) is 0 Å². The summed E-state index contributed by atoms with van der Waals surface area (Å²) in [5.74, 6) is -0.615. The van der Waals surface area contributed by atoms with Crippen LogP contribution in [0.4, 0.5) is 18.9 Å². The van der Waals surface area contributed by atoms with Crippen LogP contribution in [0.15, 0.2) is 42.5 Å². The zero-order chi connectivity index (χ0) is 22.1. The normalized spacial score (nSPS) is 18.7. The van der Waals surface area contributed by atoms with Crippen molar-refractivity contribution in [3.05, 3.63) is 64.7 Å². The number of benzene rings is 2. The van der Waals surface area contributed by atoms with Gasteiger partial charge in [-0.1, -0.05) is 18.2 Å². The lowest BCUT2D eigenvalue weighted by atomic mass is 10.1. The van der Waals surface area contributed by atoms with E-state index in [0.29, 0.717) is 23.1 Å². The number of nitrogens with one attached hydrogen (secondary N) is 2. The van der Waals surface area contributed by atoms with Crippen molar-refractivity contribution >= 4 is 21.6 Å². The lowest BCUT2D eigenvalue weighted by molar-refractivity contribution is -0.137. The van der Waals surface area contributed by atoms with Gasteiger partial charge in [-0.3, -0.25) is 9.52 Å². The number of anilines is 1. The standard InChI is InChI=1S/C20H21F3N2O4S/c1-30(28,29)25-18-7-2-12(8-14(18)11-26)10-24-19(27)17-9-16(17)13-3-5-15(6-4-13)20(21,22)23/h2-8,16-17,25-26H,9-11H2,1H3,(H,24,27)/t16-,17+/m0/s1.